The lowest BCUT2D eigenvalue weighted by Crippen LogP contribution is -2.30. The van der Waals surface area contributed by atoms with Crippen LogP contribution in [0.15, 0.2) is 35.3 Å². The van der Waals surface area contributed by atoms with Gasteiger partial charge in [0.2, 0.25) is 5.91 Å². The summed E-state index contributed by atoms with van der Waals surface area (Å²) in [5.74, 6) is 0.921. The van der Waals surface area contributed by atoms with Gasteiger partial charge in [-0.3, -0.25) is 15.1 Å². The van der Waals surface area contributed by atoms with Crippen LogP contribution in [-0.2, 0) is 4.79 Å². The lowest BCUT2D eigenvalue weighted by molar-refractivity contribution is -0.120. The highest BCUT2D eigenvalue weighted by Gasteiger charge is 2.29. The molecule has 1 fully saturated rings. The van der Waals surface area contributed by atoms with Crippen LogP contribution in [0, 0.1) is 0 Å². The first-order valence-electron chi connectivity index (χ1n) is 5.80. The fraction of sp³-hybridized carbons (Fsp3) is 0.385. The molecule has 4 heteroatoms. The second-order valence-electron chi connectivity index (χ2n) is 4.31. The van der Waals surface area contributed by atoms with Crippen molar-refractivity contribution in [1.29, 1.82) is 0 Å². The maximum Gasteiger partial charge on any atom is 0.249 e. The number of carbonyl (C=O) groups is 1. The molecule has 4 nitrogen and oxygen atoms in total. The first-order valence-corrected chi connectivity index (χ1v) is 5.80. The van der Waals surface area contributed by atoms with Gasteiger partial charge >= 0.3 is 0 Å². The van der Waals surface area contributed by atoms with E-state index in [1.807, 2.05) is 18.2 Å². The standard InChI is InChI=1S/C13H17N3O/c1-9(10-6-4-3-5-7-10)8-11-12(17)16-13(14-2)15-11/h3-7,9,11H,8H2,1-2H3,(H2,14,15,16,17). The number of hydrogen-bond donors (Lipinski definition) is 2. The topological polar surface area (TPSA) is 53.5 Å². The molecule has 1 aliphatic rings. The van der Waals surface area contributed by atoms with Crippen molar-refractivity contribution < 1.29 is 4.79 Å². The lowest BCUT2D eigenvalue weighted by atomic mass is 9.94. The van der Waals surface area contributed by atoms with Gasteiger partial charge in [-0.05, 0) is 17.9 Å². The molecule has 2 rings (SSSR count). The van der Waals surface area contributed by atoms with Crippen LogP contribution in [0.5, 0.6) is 0 Å². The SMILES string of the molecule is CN=C1NC(=O)C(CC(C)c2ccccc2)N1. The number of benzene rings is 1. The van der Waals surface area contributed by atoms with Crippen molar-refractivity contribution in [3.8, 4) is 0 Å². The molecular formula is C13H17N3O. The summed E-state index contributed by atoms with van der Waals surface area (Å²) in [4.78, 5) is 15.6. The molecule has 2 N–H and O–H groups in total. The number of guanidine groups is 1. The van der Waals surface area contributed by atoms with Gasteiger partial charge in [0.25, 0.3) is 0 Å². The van der Waals surface area contributed by atoms with Crippen molar-refractivity contribution in [2.24, 2.45) is 4.99 Å². The third kappa shape index (κ3) is 2.64. The summed E-state index contributed by atoms with van der Waals surface area (Å²) < 4.78 is 0. The number of nitrogens with zero attached hydrogens (tertiary/aromatic N) is 1. The summed E-state index contributed by atoms with van der Waals surface area (Å²) in [6.07, 6.45) is 0.773. The molecule has 0 aromatic heterocycles. The maximum atomic E-state index is 11.7. The van der Waals surface area contributed by atoms with Gasteiger partial charge in [-0.25, -0.2) is 0 Å². The van der Waals surface area contributed by atoms with E-state index in [-0.39, 0.29) is 11.9 Å². The van der Waals surface area contributed by atoms with Gasteiger partial charge in [-0.2, -0.15) is 0 Å². The van der Waals surface area contributed by atoms with Crippen molar-refractivity contribution in [1.82, 2.24) is 10.6 Å². The van der Waals surface area contributed by atoms with E-state index in [9.17, 15) is 4.79 Å². The Balaban J connectivity index is 2.00. The van der Waals surface area contributed by atoms with Crippen LogP contribution in [0.4, 0.5) is 0 Å². The van der Waals surface area contributed by atoms with Crippen LogP contribution in [0.1, 0.15) is 24.8 Å². The molecule has 1 aliphatic heterocycles. The van der Waals surface area contributed by atoms with E-state index in [1.54, 1.807) is 7.05 Å². The Kier molecular flexibility index (Phi) is 3.42. The first kappa shape index (κ1) is 11.6. The molecule has 2 unspecified atom stereocenters. The van der Waals surface area contributed by atoms with Crippen molar-refractivity contribution in [3.05, 3.63) is 35.9 Å². The summed E-state index contributed by atoms with van der Waals surface area (Å²) in [6, 6.07) is 10.0. The minimum absolute atomic E-state index is 0.00776. The molecule has 0 bridgehead atoms. The molecule has 0 saturated carbocycles. The van der Waals surface area contributed by atoms with E-state index in [2.05, 4.69) is 34.7 Å². The van der Waals surface area contributed by atoms with E-state index in [0.29, 0.717) is 11.9 Å². The zero-order valence-electron chi connectivity index (χ0n) is 10.1. The number of carbonyl (C=O) groups excluding carboxylic acids is 1. The van der Waals surface area contributed by atoms with Gasteiger partial charge in [-0.1, -0.05) is 37.3 Å². The molecule has 0 aliphatic carbocycles. The quantitative estimate of drug-likeness (QED) is 0.822. The van der Waals surface area contributed by atoms with Gasteiger partial charge in [0, 0.05) is 7.05 Å². The summed E-state index contributed by atoms with van der Waals surface area (Å²) in [5.41, 5.74) is 1.25. The molecule has 2 atom stereocenters. The highest BCUT2D eigenvalue weighted by atomic mass is 16.2. The number of aliphatic imine (C=N–C) groups is 1. The highest BCUT2D eigenvalue weighted by Crippen LogP contribution is 2.21. The van der Waals surface area contributed by atoms with E-state index in [4.69, 9.17) is 0 Å². The smallest absolute Gasteiger partial charge is 0.249 e. The van der Waals surface area contributed by atoms with Crippen LogP contribution >= 0.6 is 0 Å². The van der Waals surface area contributed by atoms with Gasteiger partial charge in [0.05, 0.1) is 0 Å². The minimum Gasteiger partial charge on any atom is -0.344 e. The van der Waals surface area contributed by atoms with Crippen molar-refractivity contribution in [2.45, 2.75) is 25.3 Å². The average molecular weight is 231 g/mol. The van der Waals surface area contributed by atoms with Crippen LogP contribution in [-0.4, -0.2) is 25.0 Å². The molecule has 90 valence electrons. The molecule has 17 heavy (non-hydrogen) atoms. The van der Waals surface area contributed by atoms with Crippen molar-refractivity contribution in [2.75, 3.05) is 7.05 Å². The number of hydrogen-bond acceptors (Lipinski definition) is 2. The number of rotatable bonds is 3. The van der Waals surface area contributed by atoms with Crippen LogP contribution in [0.2, 0.25) is 0 Å². The second-order valence-corrected chi connectivity index (χ2v) is 4.31. The summed E-state index contributed by atoms with van der Waals surface area (Å²) in [5, 5.41) is 5.79. The zero-order chi connectivity index (χ0) is 12.3. The molecule has 1 amide bonds. The van der Waals surface area contributed by atoms with E-state index in [1.165, 1.54) is 5.56 Å². The molecule has 1 saturated heterocycles. The largest absolute Gasteiger partial charge is 0.344 e. The van der Waals surface area contributed by atoms with Crippen LogP contribution in [0.3, 0.4) is 0 Å². The predicted octanol–water partition coefficient (Wildman–Crippen LogP) is 1.25. The third-order valence-corrected chi connectivity index (χ3v) is 3.05. The molecule has 1 heterocycles. The monoisotopic (exact) mass is 231 g/mol. The fourth-order valence-electron chi connectivity index (χ4n) is 2.03. The Bertz CT molecular complexity index is 428. The normalized spacial score (nSPS) is 23.3. The van der Waals surface area contributed by atoms with Crippen LogP contribution < -0.4 is 10.6 Å². The fourth-order valence-corrected chi connectivity index (χ4v) is 2.03. The van der Waals surface area contributed by atoms with Gasteiger partial charge in [0.15, 0.2) is 5.96 Å². The number of amides is 1. The molecule has 1 aromatic carbocycles. The second kappa shape index (κ2) is 4.99. The van der Waals surface area contributed by atoms with Crippen molar-refractivity contribution >= 4 is 11.9 Å². The Hall–Kier alpha value is -1.84. The van der Waals surface area contributed by atoms with E-state index < -0.39 is 0 Å². The Morgan fingerprint density at radius 1 is 1.35 bits per heavy atom. The van der Waals surface area contributed by atoms with E-state index in [0.717, 1.165) is 6.42 Å². The molecule has 1 aromatic rings. The third-order valence-electron chi connectivity index (χ3n) is 3.05. The Morgan fingerprint density at radius 3 is 2.65 bits per heavy atom. The minimum atomic E-state index is -0.177. The summed E-state index contributed by atoms with van der Waals surface area (Å²) in [7, 11) is 1.66. The van der Waals surface area contributed by atoms with Gasteiger partial charge in [-0.15, -0.1) is 0 Å². The van der Waals surface area contributed by atoms with Crippen molar-refractivity contribution in [3.63, 3.8) is 0 Å². The maximum absolute atomic E-state index is 11.7. The Morgan fingerprint density at radius 2 is 2.06 bits per heavy atom. The van der Waals surface area contributed by atoms with Gasteiger partial charge in [0.1, 0.15) is 6.04 Å². The van der Waals surface area contributed by atoms with Crippen LogP contribution in [0.25, 0.3) is 0 Å². The lowest BCUT2D eigenvalue weighted by Gasteiger charge is -2.15. The first-order chi connectivity index (χ1) is 8.20. The summed E-state index contributed by atoms with van der Waals surface area (Å²) >= 11 is 0. The predicted molar refractivity (Wildman–Crippen MR) is 67.9 cm³/mol. The number of nitrogens with one attached hydrogen (secondary N) is 2. The molecule has 0 radical (unpaired) electrons. The Labute approximate surface area is 101 Å². The summed E-state index contributed by atoms with van der Waals surface area (Å²) in [6.45, 7) is 2.13. The molecule has 0 spiro atoms. The highest BCUT2D eigenvalue weighted by molar-refractivity contribution is 6.06. The zero-order valence-corrected chi connectivity index (χ0v) is 10.1. The van der Waals surface area contributed by atoms with E-state index >= 15 is 0 Å². The van der Waals surface area contributed by atoms with Gasteiger partial charge < -0.3 is 5.32 Å². The molecular weight excluding hydrogens is 214 g/mol. The average Bonchev–Trinajstić information content (AvgIpc) is 2.71.